The van der Waals surface area contributed by atoms with E-state index in [2.05, 4.69) is 31.3 Å². The minimum atomic E-state index is -0.0775. The first-order valence-electron chi connectivity index (χ1n) is 7.05. The number of ether oxygens (including phenoxy) is 1. The van der Waals surface area contributed by atoms with E-state index >= 15 is 0 Å². The first-order chi connectivity index (χ1) is 11.1. The molecule has 3 rings (SSSR count). The second kappa shape index (κ2) is 6.78. The molecule has 2 heterocycles. The van der Waals surface area contributed by atoms with Crippen molar-refractivity contribution in [3.8, 4) is 5.75 Å². The number of fused-ring (bicyclic) bond motifs is 1. The predicted octanol–water partition coefficient (Wildman–Crippen LogP) is 3.23. The molecule has 0 unspecified atom stereocenters. The summed E-state index contributed by atoms with van der Waals surface area (Å²) in [7, 11) is 1.62. The minimum absolute atomic E-state index is 0.0775. The number of amides is 1. The number of aromatic nitrogens is 3. The highest BCUT2D eigenvalue weighted by Gasteiger charge is 2.06. The van der Waals surface area contributed by atoms with E-state index < -0.39 is 0 Å². The number of pyridine rings is 1. The number of anilines is 1. The summed E-state index contributed by atoms with van der Waals surface area (Å²) in [5.41, 5.74) is 1.50. The lowest BCUT2D eigenvalue weighted by Gasteiger charge is -2.07. The number of nitrogens with one attached hydrogen (secondary N) is 1. The van der Waals surface area contributed by atoms with Gasteiger partial charge in [-0.3, -0.25) is 14.5 Å². The fourth-order valence-corrected chi connectivity index (χ4v) is 2.52. The van der Waals surface area contributed by atoms with Crippen molar-refractivity contribution in [1.82, 2.24) is 14.8 Å². The van der Waals surface area contributed by atoms with Crippen LogP contribution in [0.5, 0.6) is 5.75 Å². The summed E-state index contributed by atoms with van der Waals surface area (Å²) in [5, 5.41) is 7.92. The summed E-state index contributed by atoms with van der Waals surface area (Å²) in [4.78, 5) is 16.4. The minimum Gasteiger partial charge on any atom is -0.497 e. The summed E-state index contributed by atoms with van der Waals surface area (Å²) in [6.45, 7) is 0.523. The van der Waals surface area contributed by atoms with Crippen LogP contribution in [0.4, 0.5) is 5.69 Å². The first kappa shape index (κ1) is 15.5. The molecule has 6 nitrogen and oxygen atoms in total. The summed E-state index contributed by atoms with van der Waals surface area (Å²) in [5.74, 6) is 0.679. The lowest BCUT2D eigenvalue weighted by Crippen LogP contribution is -2.14. The van der Waals surface area contributed by atoms with Crippen molar-refractivity contribution in [2.45, 2.75) is 13.0 Å². The molecule has 0 aliphatic carbocycles. The number of rotatable bonds is 5. The van der Waals surface area contributed by atoms with Gasteiger partial charge in [0, 0.05) is 30.6 Å². The van der Waals surface area contributed by atoms with Gasteiger partial charge in [0.15, 0.2) is 0 Å². The number of aryl methyl sites for hydroxylation is 1. The summed E-state index contributed by atoms with van der Waals surface area (Å²) in [6, 6.07) is 7.53. The molecule has 0 spiro atoms. The van der Waals surface area contributed by atoms with Gasteiger partial charge in [-0.15, -0.1) is 0 Å². The maximum absolute atomic E-state index is 12.0. The third-order valence-corrected chi connectivity index (χ3v) is 3.75. The lowest BCUT2D eigenvalue weighted by molar-refractivity contribution is -0.116. The Morgan fingerprint density at radius 1 is 1.35 bits per heavy atom. The Morgan fingerprint density at radius 2 is 2.22 bits per heavy atom. The van der Waals surface area contributed by atoms with Crippen molar-refractivity contribution in [2.24, 2.45) is 0 Å². The molecule has 3 aromatic rings. The van der Waals surface area contributed by atoms with Crippen molar-refractivity contribution < 1.29 is 9.53 Å². The van der Waals surface area contributed by atoms with Crippen LogP contribution in [0.25, 0.3) is 10.9 Å². The van der Waals surface area contributed by atoms with Crippen LogP contribution in [0.15, 0.2) is 47.3 Å². The highest BCUT2D eigenvalue weighted by atomic mass is 79.9. The normalized spacial score (nSPS) is 10.7. The molecule has 1 aromatic carbocycles. The standard InChI is InChI=1S/C16H15BrN4O2/c1-23-14-3-2-11-6-13(9-18-15(11)7-14)20-16(22)4-5-21-10-12(17)8-19-21/h2-3,6-10H,4-5H2,1H3,(H,20,22). The number of carbonyl (C=O) groups is 1. The zero-order chi connectivity index (χ0) is 16.2. The number of hydrogen-bond donors (Lipinski definition) is 1. The zero-order valence-corrected chi connectivity index (χ0v) is 14.1. The van der Waals surface area contributed by atoms with Gasteiger partial charge >= 0.3 is 0 Å². The third kappa shape index (κ3) is 3.87. The van der Waals surface area contributed by atoms with Crippen LogP contribution in [-0.2, 0) is 11.3 Å². The van der Waals surface area contributed by atoms with E-state index in [-0.39, 0.29) is 5.91 Å². The van der Waals surface area contributed by atoms with E-state index in [9.17, 15) is 4.79 Å². The van der Waals surface area contributed by atoms with Crippen molar-refractivity contribution in [3.63, 3.8) is 0 Å². The number of nitrogens with zero attached hydrogens (tertiary/aromatic N) is 3. The van der Waals surface area contributed by atoms with Crippen molar-refractivity contribution in [2.75, 3.05) is 12.4 Å². The first-order valence-corrected chi connectivity index (χ1v) is 7.85. The molecule has 1 amide bonds. The molecule has 118 valence electrons. The van der Waals surface area contributed by atoms with E-state index in [1.807, 2.05) is 30.5 Å². The molecule has 0 fully saturated rings. The summed E-state index contributed by atoms with van der Waals surface area (Å²) < 4.78 is 7.78. The molecule has 0 saturated heterocycles. The van der Waals surface area contributed by atoms with Crippen LogP contribution in [0, 0.1) is 0 Å². The largest absolute Gasteiger partial charge is 0.497 e. The molecule has 7 heteroatoms. The van der Waals surface area contributed by atoms with Crippen LogP contribution in [0.2, 0.25) is 0 Å². The van der Waals surface area contributed by atoms with E-state index in [0.717, 1.165) is 21.1 Å². The van der Waals surface area contributed by atoms with Crippen LogP contribution >= 0.6 is 15.9 Å². The lowest BCUT2D eigenvalue weighted by atomic mass is 10.2. The van der Waals surface area contributed by atoms with Crippen molar-refractivity contribution >= 4 is 38.4 Å². The van der Waals surface area contributed by atoms with Crippen LogP contribution in [0.1, 0.15) is 6.42 Å². The van der Waals surface area contributed by atoms with Gasteiger partial charge < -0.3 is 10.1 Å². The van der Waals surface area contributed by atoms with Crippen molar-refractivity contribution in [1.29, 1.82) is 0 Å². The van der Waals surface area contributed by atoms with Gasteiger partial charge in [-0.2, -0.15) is 5.10 Å². The topological polar surface area (TPSA) is 69.0 Å². The maximum atomic E-state index is 12.0. The maximum Gasteiger partial charge on any atom is 0.226 e. The van der Waals surface area contributed by atoms with E-state index in [1.54, 1.807) is 24.2 Å². The summed E-state index contributed by atoms with van der Waals surface area (Å²) >= 11 is 3.33. The number of carbonyl (C=O) groups excluding carboxylic acids is 1. The van der Waals surface area contributed by atoms with Gasteiger partial charge in [-0.25, -0.2) is 0 Å². The fourth-order valence-electron chi connectivity index (χ4n) is 2.20. The van der Waals surface area contributed by atoms with Gasteiger partial charge in [-0.05, 0) is 34.1 Å². The molecule has 0 atom stereocenters. The average Bonchev–Trinajstić information content (AvgIpc) is 2.98. The zero-order valence-electron chi connectivity index (χ0n) is 12.5. The average molecular weight is 375 g/mol. The molecular formula is C16H15BrN4O2. The van der Waals surface area contributed by atoms with Gasteiger partial charge in [0.2, 0.25) is 5.91 Å². The predicted molar refractivity (Wildman–Crippen MR) is 91.5 cm³/mol. The van der Waals surface area contributed by atoms with E-state index in [1.165, 1.54) is 0 Å². The Kier molecular flexibility index (Phi) is 4.57. The van der Waals surface area contributed by atoms with E-state index in [0.29, 0.717) is 18.7 Å². The monoisotopic (exact) mass is 374 g/mol. The van der Waals surface area contributed by atoms with E-state index in [4.69, 9.17) is 4.74 Å². The fraction of sp³-hybridized carbons (Fsp3) is 0.188. The number of benzene rings is 1. The third-order valence-electron chi connectivity index (χ3n) is 3.34. The van der Waals surface area contributed by atoms with Crippen LogP contribution < -0.4 is 10.1 Å². The van der Waals surface area contributed by atoms with Crippen LogP contribution in [-0.4, -0.2) is 27.8 Å². The Balaban J connectivity index is 1.64. The molecule has 0 saturated carbocycles. The number of halogens is 1. The molecule has 2 aromatic heterocycles. The summed E-state index contributed by atoms with van der Waals surface area (Å²) in [6.07, 6.45) is 5.51. The SMILES string of the molecule is COc1ccc2cc(NC(=O)CCn3cc(Br)cn3)cnc2c1. The van der Waals surface area contributed by atoms with Crippen molar-refractivity contribution in [3.05, 3.63) is 47.3 Å². The molecule has 0 bridgehead atoms. The van der Waals surface area contributed by atoms with Gasteiger partial charge in [-0.1, -0.05) is 0 Å². The molecule has 0 aliphatic heterocycles. The molecule has 23 heavy (non-hydrogen) atoms. The molecular weight excluding hydrogens is 360 g/mol. The molecule has 1 N–H and O–H groups in total. The smallest absolute Gasteiger partial charge is 0.226 e. The van der Waals surface area contributed by atoms with Gasteiger partial charge in [0.1, 0.15) is 5.75 Å². The molecule has 0 radical (unpaired) electrons. The number of methoxy groups -OCH3 is 1. The highest BCUT2D eigenvalue weighted by molar-refractivity contribution is 9.10. The Hall–Kier alpha value is -2.41. The van der Waals surface area contributed by atoms with Gasteiger partial charge in [0.05, 0.1) is 35.2 Å². The Bertz CT molecular complexity index is 847. The quantitative estimate of drug-likeness (QED) is 0.744. The second-order valence-corrected chi connectivity index (χ2v) is 5.92. The second-order valence-electron chi connectivity index (χ2n) is 5.00. The number of hydrogen-bond acceptors (Lipinski definition) is 4. The Labute approximate surface area is 141 Å². The Morgan fingerprint density at radius 3 is 2.96 bits per heavy atom. The molecule has 0 aliphatic rings. The van der Waals surface area contributed by atoms with Crippen LogP contribution in [0.3, 0.4) is 0 Å². The van der Waals surface area contributed by atoms with Gasteiger partial charge in [0.25, 0.3) is 0 Å². The highest BCUT2D eigenvalue weighted by Crippen LogP contribution is 2.21.